The summed E-state index contributed by atoms with van der Waals surface area (Å²) in [6.07, 6.45) is -9.32. The molecule has 0 N–H and O–H groups in total. The molecule has 3 aromatic rings. The van der Waals surface area contributed by atoms with Crippen LogP contribution in [-0.2, 0) is 29.9 Å². The van der Waals surface area contributed by atoms with Crippen molar-refractivity contribution in [1.82, 2.24) is 0 Å². The molecule has 0 heterocycles. The Kier molecular flexibility index (Phi) is 6.17. The maximum atomic E-state index is 13.4. The first-order valence-electron chi connectivity index (χ1n) is 8.74. The van der Waals surface area contributed by atoms with Gasteiger partial charge in [-0.2, -0.15) is 26.3 Å². The van der Waals surface area contributed by atoms with Gasteiger partial charge in [-0.1, -0.05) is 18.2 Å². The average molecular weight is 445 g/mol. The fourth-order valence-corrected chi connectivity index (χ4v) is 5.32. The molecule has 0 aromatic heterocycles. The normalized spacial score (nSPS) is 13.3. The van der Waals surface area contributed by atoms with Gasteiger partial charge in [0.05, 0.1) is 22.0 Å². The molecule has 0 saturated carbocycles. The van der Waals surface area contributed by atoms with Crippen molar-refractivity contribution in [2.75, 3.05) is 0 Å². The lowest BCUT2D eigenvalue weighted by Crippen LogP contribution is -2.12. The third-order valence-electron chi connectivity index (χ3n) is 4.28. The standard InChI is InChI=1S/C22H16F7S/c1-14-7-16(21(24,25)26)11-19(8-14)30(18-5-3-2-4-6-18)20-10-15(13-23)9-17(12-20)22(27,28)29/h2-12H,13H2,1H3/q+1. The van der Waals surface area contributed by atoms with Crippen LogP contribution in [0.2, 0.25) is 0 Å². The van der Waals surface area contributed by atoms with Crippen LogP contribution in [-0.4, -0.2) is 0 Å². The van der Waals surface area contributed by atoms with E-state index in [0.29, 0.717) is 16.5 Å². The highest BCUT2D eigenvalue weighted by Gasteiger charge is 2.38. The van der Waals surface area contributed by atoms with E-state index in [2.05, 4.69) is 0 Å². The Morgan fingerprint density at radius 2 is 1.20 bits per heavy atom. The Labute approximate surface area is 171 Å². The van der Waals surface area contributed by atoms with Gasteiger partial charge in [0.25, 0.3) is 0 Å². The van der Waals surface area contributed by atoms with Gasteiger partial charge in [0, 0.05) is 12.1 Å². The van der Waals surface area contributed by atoms with Crippen LogP contribution in [0.3, 0.4) is 0 Å². The van der Waals surface area contributed by atoms with Gasteiger partial charge in [-0.3, -0.25) is 0 Å². The minimum atomic E-state index is -4.71. The molecule has 0 spiro atoms. The van der Waals surface area contributed by atoms with Gasteiger partial charge in [0.15, 0.2) is 14.7 Å². The van der Waals surface area contributed by atoms with Crippen molar-refractivity contribution < 1.29 is 30.7 Å². The van der Waals surface area contributed by atoms with Crippen LogP contribution in [0.25, 0.3) is 0 Å². The van der Waals surface area contributed by atoms with E-state index in [1.54, 1.807) is 30.3 Å². The molecular weight excluding hydrogens is 429 g/mol. The zero-order chi connectivity index (χ0) is 22.1. The first kappa shape index (κ1) is 22.2. The lowest BCUT2D eigenvalue weighted by atomic mass is 10.1. The first-order chi connectivity index (χ1) is 14.0. The Balaban J connectivity index is 2.28. The third-order valence-corrected chi connectivity index (χ3v) is 6.43. The highest BCUT2D eigenvalue weighted by atomic mass is 32.2. The van der Waals surface area contributed by atoms with Crippen LogP contribution in [0, 0.1) is 6.92 Å². The number of benzene rings is 3. The second kappa shape index (κ2) is 8.34. The summed E-state index contributed by atoms with van der Waals surface area (Å²) < 4.78 is 93.5. The number of alkyl halides is 7. The molecule has 0 fully saturated rings. The van der Waals surface area contributed by atoms with Gasteiger partial charge in [-0.15, -0.1) is 0 Å². The summed E-state index contributed by atoms with van der Waals surface area (Å²) >= 11 is 0. The van der Waals surface area contributed by atoms with Crippen LogP contribution in [0.5, 0.6) is 0 Å². The van der Waals surface area contributed by atoms with Crippen molar-refractivity contribution in [3.8, 4) is 0 Å². The smallest absolute Gasteiger partial charge is 0.246 e. The van der Waals surface area contributed by atoms with Gasteiger partial charge in [-0.25, -0.2) is 4.39 Å². The van der Waals surface area contributed by atoms with Crippen LogP contribution < -0.4 is 0 Å². The van der Waals surface area contributed by atoms with E-state index in [9.17, 15) is 30.7 Å². The predicted octanol–water partition coefficient (Wildman–Crippen LogP) is 7.60. The molecule has 0 nitrogen and oxygen atoms in total. The molecule has 0 radical (unpaired) electrons. The lowest BCUT2D eigenvalue weighted by molar-refractivity contribution is -0.138. The summed E-state index contributed by atoms with van der Waals surface area (Å²) in [4.78, 5) is 0.834. The number of aryl methyl sites for hydroxylation is 1. The average Bonchev–Trinajstić information content (AvgIpc) is 2.67. The topological polar surface area (TPSA) is 0 Å². The van der Waals surface area contributed by atoms with Crippen LogP contribution in [0.4, 0.5) is 30.7 Å². The zero-order valence-corrected chi connectivity index (χ0v) is 16.4. The highest BCUT2D eigenvalue weighted by molar-refractivity contribution is 7.97. The molecule has 0 aliphatic carbocycles. The Hall–Kier alpha value is -2.48. The number of hydrogen-bond donors (Lipinski definition) is 0. The van der Waals surface area contributed by atoms with Crippen molar-refractivity contribution >= 4 is 10.9 Å². The van der Waals surface area contributed by atoms with E-state index < -0.39 is 41.0 Å². The lowest BCUT2D eigenvalue weighted by Gasteiger charge is -2.14. The van der Waals surface area contributed by atoms with E-state index in [4.69, 9.17) is 0 Å². The van der Waals surface area contributed by atoms with Crippen molar-refractivity contribution in [2.24, 2.45) is 0 Å². The van der Waals surface area contributed by atoms with Gasteiger partial charge in [0.2, 0.25) is 0 Å². The molecular formula is C22H16F7S+. The van der Waals surface area contributed by atoms with Crippen LogP contribution >= 0.6 is 0 Å². The van der Waals surface area contributed by atoms with E-state index in [-0.39, 0.29) is 15.4 Å². The van der Waals surface area contributed by atoms with E-state index >= 15 is 0 Å². The molecule has 0 saturated heterocycles. The minimum absolute atomic E-state index is 0.0994. The van der Waals surface area contributed by atoms with Crippen molar-refractivity contribution in [3.05, 3.63) is 89.0 Å². The Morgan fingerprint density at radius 3 is 1.73 bits per heavy atom. The van der Waals surface area contributed by atoms with E-state index in [1.807, 2.05) is 0 Å². The molecule has 158 valence electrons. The highest BCUT2D eigenvalue weighted by Crippen LogP contribution is 2.39. The molecule has 8 heteroatoms. The summed E-state index contributed by atoms with van der Waals surface area (Å²) in [6, 6.07) is 14.6. The molecule has 0 aliphatic heterocycles. The van der Waals surface area contributed by atoms with Crippen molar-refractivity contribution in [2.45, 2.75) is 40.6 Å². The quantitative estimate of drug-likeness (QED) is 0.287. The van der Waals surface area contributed by atoms with Crippen LogP contribution in [0.1, 0.15) is 22.3 Å². The van der Waals surface area contributed by atoms with Gasteiger partial charge >= 0.3 is 12.4 Å². The fourth-order valence-electron chi connectivity index (χ4n) is 3.01. The molecule has 3 aromatic carbocycles. The maximum Gasteiger partial charge on any atom is 0.416 e. The molecule has 0 amide bonds. The molecule has 3 rings (SSSR count). The molecule has 0 aliphatic rings. The third kappa shape index (κ3) is 4.98. The van der Waals surface area contributed by atoms with Crippen LogP contribution in [0.15, 0.2) is 81.4 Å². The molecule has 30 heavy (non-hydrogen) atoms. The summed E-state index contributed by atoms with van der Waals surface area (Å²) in [6.45, 7) is 0.370. The monoisotopic (exact) mass is 445 g/mol. The maximum absolute atomic E-state index is 13.4. The summed E-state index contributed by atoms with van der Waals surface area (Å²) in [5, 5.41) is 0. The van der Waals surface area contributed by atoms with E-state index in [1.165, 1.54) is 19.1 Å². The summed E-state index contributed by atoms with van der Waals surface area (Å²) in [5.41, 5.74) is -1.78. The van der Waals surface area contributed by atoms with Gasteiger partial charge in [0.1, 0.15) is 6.67 Å². The summed E-state index contributed by atoms with van der Waals surface area (Å²) in [7, 11) is -1.29. The largest absolute Gasteiger partial charge is 0.416 e. The summed E-state index contributed by atoms with van der Waals surface area (Å²) in [5.74, 6) is 0. The predicted molar refractivity (Wildman–Crippen MR) is 101 cm³/mol. The second-order valence-electron chi connectivity index (χ2n) is 6.65. The molecule has 1 atom stereocenters. The van der Waals surface area contributed by atoms with Gasteiger partial charge in [-0.05, 0) is 54.4 Å². The Morgan fingerprint density at radius 1 is 0.667 bits per heavy atom. The Bertz CT molecular complexity index is 1020. The minimum Gasteiger partial charge on any atom is -0.246 e. The van der Waals surface area contributed by atoms with Crippen molar-refractivity contribution in [3.63, 3.8) is 0 Å². The number of rotatable bonds is 4. The zero-order valence-electron chi connectivity index (χ0n) is 15.6. The molecule has 0 bridgehead atoms. The van der Waals surface area contributed by atoms with Crippen molar-refractivity contribution in [1.29, 1.82) is 0 Å². The number of hydrogen-bond acceptors (Lipinski definition) is 0. The molecule has 1 unspecified atom stereocenters. The number of halogens is 7. The SMILES string of the molecule is Cc1cc([S+](c2ccccc2)c2cc(CF)cc(C(F)(F)F)c2)cc(C(F)(F)F)c1. The second-order valence-corrected chi connectivity index (χ2v) is 8.68. The fraction of sp³-hybridized carbons (Fsp3) is 0.182. The van der Waals surface area contributed by atoms with E-state index in [0.717, 1.165) is 18.2 Å². The van der Waals surface area contributed by atoms with Gasteiger partial charge < -0.3 is 0 Å². The first-order valence-corrected chi connectivity index (χ1v) is 9.97.